The van der Waals surface area contributed by atoms with Gasteiger partial charge in [0.1, 0.15) is 36.6 Å². The van der Waals surface area contributed by atoms with Gasteiger partial charge in [-0.2, -0.15) is 5.48 Å². The summed E-state index contributed by atoms with van der Waals surface area (Å²) >= 11 is 2.82. The largest absolute Gasteiger partial charge is 0.492 e. The van der Waals surface area contributed by atoms with Crippen molar-refractivity contribution in [2.75, 3.05) is 61.2 Å². The lowest BCUT2D eigenvalue weighted by Gasteiger charge is -2.46. The van der Waals surface area contributed by atoms with Crippen LogP contribution in [0.4, 0.5) is 4.79 Å². The van der Waals surface area contributed by atoms with Crippen molar-refractivity contribution in [1.82, 2.24) is 16.1 Å². The zero-order valence-corrected chi connectivity index (χ0v) is 52.9. The predicted molar refractivity (Wildman–Crippen MR) is 315 cm³/mol. The average molecular weight is 1350 g/mol. The second-order valence-electron chi connectivity index (χ2n) is 19.8. The van der Waals surface area contributed by atoms with Gasteiger partial charge in [-0.1, -0.05) is 63.1 Å². The highest BCUT2D eigenvalue weighted by molar-refractivity contribution is 14.1. The lowest BCUT2D eigenvalue weighted by molar-refractivity contribution is -0.336. The summed E-state index contributed by atoms with van der Waals surface area (Å²) in [5.41, 5.74) is 1.28. The van der Waals surface area contributed by atoms with Gasteiger partial charge in [-0.15, -0.1) is 0 Å². The molecule has 1 aromatic carbocycles. The number of ketones is 1. The molecule has 0 aromatic heterocycles. The van der Waals surface area contributed by atoms with Gasteiger partial charge < -0.3 is 87.7 Å². The number of alkyl carbamates (subject to hydrolysis) is 1. The number of aliphatic hydroxyl groups is 5. The molecule has 1 amide bonds. The normalized spacial score (nSPS) is 36.2. The number of fused-ring (bicyclic) bond motifs is 2. The van der Waals surface area contributed by atoms with Gasteiger partial charge in [0, 0.05) is 44.0 Å². The second-order valence-corrected chi connectivity index (χ2v) is 26.4. The maximum Gasteiger partial charge on any atom is 0.411 e. The number of thioether (sulfide) groups is 1. The summed E-state index contributed by atoms with van der Waals surface area (Å²) in [5, 5.41) is 62.4. The van der Waals surface area contributed by atoms with Gasteiger partial charge in [-0.3, -0.25) is 19.7 Å². The van der Waals surface area contributed by atoms with Gasteiger partial charge in [-0.25, -0.2) is 4.79 Å². The van der Waals surface area contributed by atoms with Crippen molar-refractivity contribution in [2.45, 2.75) is 162 Å². The van der Waals surface area contributed by atoms with Crippen molar-refractivity contribution in [1.29, 1.82) is 0 Å². The molecule has 29 heteroatoms. The van der Waals surface area contributed by atoms with Crippen molar-refractivity contribution in [3.63, 3.8) is 0 Å². The number of ether oxygens (including phenoxy) is 12. The Morgan fingerprint density at radius 1 is 0.880 bits per heavy atom. The summed E-state index contributed by atoms with van der Waals surface area (Å²) in [7, 11) is 13.0. The molecule has 8 N–H and O–H groups in total. The number of hydroxylamine groups is 1. The number of halogens is 1. The number of Topliss-reactive ketones (excluding diaryl/α,β-unsaturated/α-hetero) is 1. The van der Waals surface area contributed by atoms with Gasteiger partial charge >= 0.3 is 6.09 Å². The van der Waals surface area contributed by atoms with Crippen LogP contribution in [0.15, 0.2) is 35.1 Å². The van der Waals surface area contributed by atoms with Crippen LogP contribution >= 0.6 is 65.8 Å². The minimum Gasteiger partial charge on any atom is -0.492 e. The molecule has 0 radical (unpaired) electrons. The predicted octanol–water partition coefficient (Wildman–Crippen LogP) is 2.81. The lowest BCUT2D eigenvalue weighted by atomic mass is 9.75. The third kappa shape index (κ3) is 15.5. The number of methoxy groups -OCH3 is 5. The van der Waals surface area contributed by atoms with E-state index in [1.807, 2.05) is 28.8 Å². The Morgan fingerprint density at radius 2 is 1.60 bits per heavy atom. The van der Waals surface area contributed by atoms with E-state index in [2.05, 4.69) is 39.8 Å². The molecule has 4 saturated heterocycles. The fourth-order valence-corrected chi connectivity index (χ4v) is 14.5. The highest BCUT2D eigenvalue weighted by Gasteiger charge is 2.52. The van der Waals surface area contributed by atoms with Crippen LogP contribution in [0.2, 0.25) is 0 Å². The zero-order chi connectivity index (χ0) is 60.4. The average Bonchev–Trinajstić information content (AvgIpc) is 3.59. The highest BCUT2D eigenvalue weighted by atomic mass is 127. The van der Waals surface area contributed by atoms with Gasteiger partial charge in [-0.05, 0) is 91.1 Å². The highest BCUT2D eigenvalue weighted by Crippen LogP contribution is 2.49. The Labute approximate surface area is 511 Å². The summed E-state index contributed by atoms with van der Waals surface area (Å²) in [6.07, 6.45) is -11.9. The molecule has 2 bridgehead atoms. The number of amides is 1. The molecule has 83 heavy (non-hydrogen) atoms. The fraction of sp³-hybridized carbons (Fsp3) is 0.648. The van der Waals surface area contributed by atoms with Crippen LogP contribution < -0.4 is 30.3 Å². The molecular formula is C54H72IN3O21S4. The SMILES string of the molecule is CNC1COC(OC2C(O[C@H]3C#C/C=C\C#C[C@]4(O)CC(=O)C(NC(=O)OC)=C3C4=CCSSSC)OC(C)C(NOC3CC(O)C(SC(=O)c4c(C)c(I)c(OC5OC(C)C(O)C(OC)C5O)c(OC)c4OC)C(C)O3)C2O)CC1OC. The number of benzene rings is 1. The van der Waals surface area contributed by atoms with Crippen molar-refractivity contribution < 1.29 is 102 Å². The quantitative estimate of drug-likeness (QED) is 0.0289. The van der Waals surface area contributed by atoms with E-state index in [-0.39, 0.29) is 71.2 Å². The molecular weight excluding hydrogens is 1280 g/mol. The van der Waals surface area contributed by atoms with Crippen LogP contribution in [0.3, 0.4) is 0 Å². The number of likely N-dealkylation sites (N-methyl/N-ethyl adjacent to an activating group) is 1. The number of rotatable bonds is 21. The molecule has 4 heterocycles. The van der Waals surface area contributed by atoms with Gasteiger partial charge in [0.05, 0.1) is 97.0 Å². The number of hydrogen-bond donors (Lipinski definition) is 8. The van der Waals surface area contributed by atoms with Crippen LogP contribution in [-0.2, 0) is 52.3 Å². The monoisotopic (exact) mass is 1350 g/mol. The van der Waals surface area contributed by atoms with E-state index in [1.54, 1.807) is 47.9 Å². The molecule has 7 rings (SSSR count). The minimum atomic E-state index is -2.05. The summed E-state index contributed by atoms with van der Waals surface area (Å²) in [5.74, 6) is 11.3. The molecule has 2 aliphatic carbocycles. The fourth-order valence-electron chi connectivity index (χ4n) is 10.3. The third-order valence-electron chi connectivity index (χ3n) is 14.7. The van der Waals surface area contributed by atoms with Crippen LogP contribution in [-0.4, -0.2) is 219 Å². The first-order valence-electron chi connectivity index (χ1n) is 26.3. The van der Waals surface area contributed by atoms with Crippen molar-refractivity contribution in [2.24, 2.45) is 0 Å². The summed E-state index contributed by atoms with van der Waals surface area (Å²) < 4.78 is 72.3. The van der Waals surface area contributed by atoms with Crippen LogP contribution in [0, 0.1) is 34.2 Å². The Morgan fingerprint density at radius 3 is 2.27 bits per heavy atom. The van der Waals surface area contributed by atoms with E-state index in [4.69, 9.17) is 61.7 Å². The molecule has 460 valence electrons. The number of allylic oxidation sites excluding steroid dienone is 3. The Bertz CT molecular complexity index is 2690. The van der Waals surface area contributed by atoms with Crippen molar-refractivity contribution >= 4 is 82.8 Å². The van der Waals surface area contributed by atoms with Crippen LogP contribution in [0.5, 0.6) is 17.2 Å². The van der Waals surface area contributed by atoms with E-state index in [1.165, 1.54) is 64.9 Å². The number of carbonyl (C=O) groups excluding carboxylic acids is 3. The number of nitrogens with one attached hydrogen (secondary N) is 3. The van der Waals surface area contributed by atoms with E-state index >= 15 is 0 Å². The van der Waals surface area contributed by atoms with Crippen molar-refractivity contribution in [3.05, 3.63) is 49.8 Å². The lowest BCUT2D eigenvalue weighted by Crippen LogP contribution is -2.65. The van der Waals surface area contributed by atoms with Crippen LogP contribution in [0.25, 0.3) is 0 Å². The number of aliphatic hydroxyl groups excluding tert-OH is 4. The van der Waals surface area contributed by atoms with E-state index in [0.29, 0.717) is 14.9 Å². The molecule has 19 atom stereocenters. The van der Waals surface area contributed by atoms with Gasteiger partial charge in [0.15, 0.2) is 41.8 Å². The molecule has 4 fully saturated rings. The van der Waals surface area contributed by atoms with Crippen molar-refractivity contribution in [3.8, 4) is 40.9 Å². The Hall–Kier alpha value is -2.94. The van der Waals surface area contributed by atoms with Gasteiger partial charge in [0.2, 0.25) is 17.2 Å². The summed E-state index contributed by atoms with van der Waals surface area (Å²) in [6.45, 7) is 6.79. The number of carbonyl (C=O) groups is 3. The first kappa shape index (κ1) is 67.6. The standard InChI is InChI=1S/C54H72IN3O21S4/c1-24-36(44(68-7)48(70-9)45(38(24)55)78-51-43(63)46(69-8)41(61)26(3)75-51)50(64)82-49-27(4)73-35(20-30(49)59)79-58-39-25(2)74-52(47(42(39)62)77-34-21-33(67-6)29(56-5)23-72-34)76-32-16-14-12-13-15-18-54(66)22-31(60)40(57-53(65)71-10)37(32)28(54)17-19-81-83-80-11/h12-13,17,25-27,29-30,32-35,39,41-43,46-47,49,51-52,56,58-59,61-63,66H,19-23H2,1-11H3,(H,57,65)/b13-12-,28-17?/t25?,26?,27?,29?,30?,32-,33?,34?,35?,39?,41?,42?,43?,46?,47?,49?,51?,52?,54-/m0/s1. The zero-order valence-electron chi connectivity index (χ0n) is 47.4. The first-order valence-corrected chi connectivity index (χ1v) is 32.3. The topological polar surface area (TPSA) is 308 Å². The molecule has 24 nitrogen and oxygen atoms in total. The maximum absolute atomic E-state index is 14.4. The van der Waals surface area contributed by atoms with E-state index in [9.17, 15) is 39.9 Å². The molecule has 0 spiro atoms. The van der Waals surface area contributed by atoms with E-state index in [0.717, 1.165) is 18.9 Å². The van der Waals surface area contributed by atoms with E-state index < -0.39 is 127 Å². The first-order chi connectivity index (χ1) is 39.7. The third-order valence-corrected chi connectivity index (χ3v) is 21.1. The van der Waals surface area contributed by atoms with Gasteiger partial charge in [0.25, 0.3) is 0 Å². The molecule has 0 saturated carbocycles. The smallest absolute Gasteiger partial charge is 0.411 e. The van der Waals surface area contributed by atoms with Crippen LogP contribution in [0.1, 0.15) is 56.0 Å². The number of hydrogen-bond acceptors (Lipinski definition) is 27. The molecule has 4 aliphatic heterocycles. The summed E-state index contributed by atoms with van der Waals surface area (Å²) in [6, 6.07) is -1.28. The molecule has 17 unspecified atom stereocenters. The molecule has 6 aliphatic rings. The Kier molecular flexibility index (Phi) is 25.1. The minimum absolute atomic E-state index is 0.0170. The Balaban J connectivity index is 1.11. The second kappa shape index (κ2) is 30.8. The maximum atomic E-state index is 14.4. The molecule has 1 aromatic rings. The summed E-state index contributed by atoms with van der Waals surface area (Å²) in [4.78, 5) is 47.5.